The molecule has 2 aromatic rings. The summed E-state index contributed by atoms with van der Waals surface area (Å²) in [6.07, 6.45) is 0. The molecule has 0 fully saturated rings. The molecule has 0 saturated heterocycles. The Morgan fingerprint density at radius 1 is 1.26 bits per heavy atom. The molecule has 1 aliphatic heterocycles. The lowest BCUT2D eigenvalue weighted by molar-refractivity contribution is -0.384. The van der Waals surface area contributed by atoms with E-state index in [4.69, 9.17) is 9.84 Å². The van der Waals surface area contributed by atoms with Gasteiger partial charge in [0.15, 0.2) is 17.2 Å². The van der Waals surface area contributed by atoms with Gasteiger partial charge in [-0.25, -0.2) is 0 Å². The first kappa shape index (κ1) is 11.5. The van der Waals surface area contributed by atoms with Crippen molar-refractivity contribution in [2.45, 2.75) is 6.61 Å². The summed E-state index contributed by atoms with van der Waals surface area (Å²) in [7, 11) is 0. The van der Waals surface area contributed by atoms with E-state index in [-0.39, 0.29) is 12.3 Å². The molecule has 1 aliphatic rings. The molecule has 0 spiro atoms. The summed E-state index contributed by atoms with van der Waals surface area (Å²) in [5.41, 5.74) is 1.67. The zero-order valence-electron chi connectivity index (χ0n) is 9.79. The Kier molecular flexibility index (Phi) is 2.57. The van der Waals surface area contributed by atoms with Crippen molar-refractivity contribution in [1.29, 1.82) is 0 Å². The average molecular weight is 258 g/mol. The highest BCUT2D eigenvalue weighted by Gasteiger charge is 2.24. The van der Waals surface area contributed by atoms with Crippen molar-refractivity contribution in [2.24, 2.45) is 0 Å². The van der Waals surface area contributed by atoms with Crippen LogP contribution in [0, 0.1) is 10.1 Å². The van der Waals surface area contributed by atoms with Crippen molar-refractivity contribution in [3.8, 4) is 11.5 Å². The Labute approximate surface area is 108 Å². The number of benzene rings is 2. The van der Waals surface area contributed by atoms with E-state index in [1.54, 1.807) is 30.3 Å². The second-order valence-corrected chi connectivity index (χ2v) is 4.12. The number of nitrogens with one attached hydrogen (secondary N) is 1. The number of aliphatic hydroxyl groups is 1. The number of fused-ring (bicyclic) bond motifs is 2. The Morgan fingerprint density at radius 3 is 2.84 bits per heavy atom. The van der Waals surface area contributed by atoms with Gasteiger partial charge in [0.25, 0.3) is 5.69 Å². The number of hydrogen-bond donors (Lipinski definition) is 2. The van der Waals surface area contributed by atoms with Crippen LogP contribution in [0.2, 0.25) is 0 Å². The van der Waals surface area contributed by atoms with Crippen LogP contribution < -0.4 is 10.1 Å². The van der Waals surface area contributed by atoms with Gasteiger partial charge in [0, 0.05) is 6.07 Å². The van der Waals surface area contributed by atoms with Crippen molar-refractivity contribution in [2.75, 3.05) is 5.32 Å². The van der Waals surface area contributed by atoms with Crippen molar-refractivity contribution < 1.29 is 14.8 Å². The summed E-state index contributed by atoms with van der Waals surface area (Å²) in [6, 6.07) is 9.80. The number of aliphatic hydroxyl groups excluding tert-OH is 1. The van der Waals surface area contributed by atoms with Gasteiger partial charge in [-0.05, 0) is 23.8 Å². The van der Waals surface area contributed by atoms with E-state index in [1.165, 1.54) is 6.07 Å². The van der Waals surface area contributed by atoms with E-state index >= 15 is 0 Å². The highest BCUT2D eigenvalue weighted by molar-refractivity contribution is 5.82. The molecule has 0 amide bonds. The smallest absolute Gasteiger partial charge is 0.296 e. The van der Waals surface area contributed by atoms with Gasteiger partial charge in [0.1, 0.15) is 0 Å². The second kappa shape index (κ2) is 4.25. The van der Waals surface area contributed by atoms with Gasteiger partial charge in [-0.3, -0.25) is 10.1 Å². The highest BCUT2D eigenvalue weighted by atomic mass is 16.6. The summed E-state index contributed by atoms with van der Waals surface area (Å²) in [5, 5.41) is 23.0. The fraction of sp³-hybridized carbons (Fsp3) is 0.0769. The van der Waals surface area contributed by atoms with Crippen molar-refractivity contribution in [1.82, 2.24) is 0 Å². The van der Waals surface area contributed by atoms with E-state index < -0.39 is 4.92 Å². The zero-order chi connectivity index (χ0) is 13.4. The molecule has 0 saturated carbocycles. The van der Waals surface area contributed by atoms with E-state index in [0.717, 1.165) is 5.56 Å². The molecule has 1 heterocycles. The third-order valence-electron chi connectivity index (χ3n) is 2.91. The molecule has 0 radical (unpaired) electrons. The van der Waals surface area contributed by atoms with Crippen LogP contribution >= 0.6 is 0 Å². The largest absolute Gasteiger partial charge is 0.453 e. The third kappa shape index (κ3) is 1.88. The summed E-state index contributed by atoms with van der Waals surface area (Å²) in [5.74, 6) is 0.941. The molecule has 2 N–H and O–H groups in total. The molecule has 2 aromatic carbocycles. The molecule has 0 bridgehead atoms. The maximum absolute atomic E-state index is 11.0. The van der Waals surface area contributed by atoms with Crippen molar-refractivity contribution >= 4 is 17.1 Å². The van der Waals surface area contributed by atoms with Gasteiger partial charge in [-0.2, -0.15) is 0 Å². The van der Waals surface area contributed by atoms with E-state index in [1.807, 2.05) is 0 Å². The summed E-state index contributed by atoms with van der Waals surface area (Å²) in [6.45, 7) is -0.0849. The minimum Gasteiger partial charge on any atom is -0.453 e. The average Bonchev–Trinajstić information content (AvgIpc) is 2.43. The van der Waals surface area contributed by atoms with Gasteiger partial charge in [-0.15, -0.1) is 0 Å². The first-order valence-corrected chi connectivity index (χ1v) is 5.65. The SMILES string of the molecule is O=[N+]([O-])c1cccc2c1Nc1ccc(CO)cc1O2. The molecule has 0 unspecified atom stereocenters. The van der Waals surface area contributed by atoms with Gasteiger partial charge >= 0.3 is 0 Å². The zero-order valence-corrected chi connectivity index (χ0v) is 9.79. The number of nitro groups is 1. The maximum Gasteiger partial charge on any atom is 0.296 e. The quantitative estimate of drug-likeness (QED) is 0.545. The Bertz CT molecular complexity index is 670. The molecule has 3 rings (SSSR count). The number of nitro benzene ring substituents is 1. The fourth-order valence-corrected chi connectivity index (χ4v) is 1.99. The first-order valence-electron chi connectivity index (χ1n) is 5.65. The predicted octanol–water partition coefficient (Wildman–Crippen LogP) is 2.94. The van der Waals surface area contributed by atoms with Gasteiger partial charge in [0.2, 0.25) is 0 Å². The normalized spacial score (nSPS) is 11.8. The third-order valence-corrected chi connectivity index (χ3v) is 2.91. The lowest BCUT2D eigenvalue weighted by Crippen LogP contribution is -2.06. The van der Waals surface area contributed by atoms with Crippen LogP contribution in [0.4, 0.5) is 17.1 Å². The molecule has 0 aromatic heterocycles. The molecule has 0 atom stereocenters. The Balaban J connectivity index is 2.08. The topological polar surface area (TPSA) is 84.6 Å². The summed E-state index contributed by atoms with van der Waals surface area (Å²) in [4.78, 5) is 10.5. The number of hydrogen-bond acceptors (Lipinski definition) is 5. The number of para-hydroxylation sites is 1. The summed E-state index contributed by atoms with van der Waals surface area (Å²) >= 11 is 0. The van der Waals surface area contributed by atoms with Crippen molar-refractivity contribution in [3.63, 3.8) is 0 Å². The number of rotatable bonds is 2. The van der Waals surface area contributed by atoms with Crippen LogP contribution in [0.5, 0.6) is 11.5 Å². The molecule has 96 valence electrons. The monoisotopic (exact) mass is 258 g/mol. The molecular weight excluding hydrogens is 248 g/mol. The molecule has 19 heavy (non-hydrogen) atoms. The van der Waals surface area contributed by atoms with Crippen LogP contribution in [0.1, 0.15) is 5.56 Å². The minimum absolute atomic E-state index is 0.0330. The lowest BCUT2D eigenvalue weighted by atomic mass is 10.1. The van der Waals surface area contributed by atoms with Crippen molar-refractivity contribution in [3.05, 3.63) is 52.1 Å². The van der Waals surface area contributed by atoms with Crippen LogP contribution in [-0.2, 0) is 6.61 Å². The molecule has 0 aliphatic carbocycles. The van der Waals surface area contributed by atoms with E-state index in [2.05, 4.69) is 5.32 Å². The number of nitrogens with zero attached hydrogens (tertiary/aromatic N) is 1. The Hall–Kier alpha value is -2.60. The van der Waals surface area contributed by atoms with Crippen LogP contribution in [0.25, 0.3) is 0 Å². The molecule has 6 nitrogen and oxygen atoms in total. The van der Waals surface area contributed by atoms with Crippen LogP contribution in [-0.4, -0.2) is 10.0 Å². The Morgan fingerprint density at radius 2 is 2.11 bits per heavy atom. The summed E-state index contributed by atoms with van der Waals surface area (Å²) < 4.78 is 5.63. The van der Waals surface area contributed by atoms with Gasteiger partial charge < -0.3 is 15.2 Å². The molecule has 6 heteroatoms. The fourth-order valence-electron chi connectivity index (χ4n) is 1.99. The molecular formula is C13H10N2O4. The maximum atomic E-state index is 11.0. The second-order valence-electron chi connectivity index (χ2n) is 4.12. The standard InChI is InChI=1S/C13H10N2O4/c16-7-8-4-5-9-12(6-8)19-11-3-1-2-10(15(17)18)13(11)14-9/h1-6,14,16H,7H2. The predicted molar refractivity (Wildman–Crippen MR) is 68.8 cm³/mol. The van der Waals surface area contributed by atoms with E-state index in [9.17, 15) is 10.1 Å². The van der Waals surface area contributed by atoms with Crippen LogP contribution in [0.3, 0.4) is 0 Å². The van der Waals surface area contributed by atoms with Crippen LogP contribution in [0.15, 0.2) is 36.4 Å². The minimum atomic E-state index is -0.456. The van der Waals surface area contributed by atoms with E-state index in [0.29, 0.717) is 22.9 Å². The van der Waals surface area contributed by atoms with Gasteiger partial charge in [0.05, 0.1) is 17.2 Å². The number of ether oxygens (including phenoxy) is 1. The highest BCUT2D eigenvalue weighted by Crippen LogP contribution is 2.46. The van der Waals surface area contributed by atoms with Gasteiger partial charge in [-0.1, -0.05) is 12.1 Å². The lowest BCUT2D eigenvalue weighted by Gasteiger charge is -2.21. The first-order chi connectivity index (χ1) is 9.19. The number of anilines is 2.